The number of carbonyl (C=O) groups excluding carboxylic acids is 1. The van der Waals surface area contributed by atoms with Crippen LogP contribution < -0.4 is 0 Å². The van der Waals surface area contributed by atoms with Gasteiger partial charge in [-0.2, -0.15) is 9.38 Å². The zero-order valence-corrected chi connectivity index (χ0v) is 24.9. The Balaban J connectivity index is 1.27. The van der Waals surface area contributed by atoms with E-state index in [9.17, 15) is 9.00 Å². The average Bonchev–Trinajstić information content (AvgIpc) is 3.78. The molecule has 0 unspecified atom stereocenters. The van der Waals surface area contributed by atoms with Gasteiger partial charge in [-0.3, -0.25) is 0 Å². The first-order valence-electron chi connectivity index (χ1n) is 14.2. The third kappa shape index (κ3) is 6.61. The Labute approximate surface area is 234 Å². The van der Waals surface area contributed by atoms with E-state index in [1.165, 1.54) is 5.56 Å². The van der Waals surface area contributed by atoms with E-state index < -0.39 is 16.6 Å². The first kappa shape index (κ1) is 28.0. The van der Waals surface area contributed by atoms with Crippen molar-refractivity contribution in [3.63, 3.8) is 0 Å². The average molecular weight is 555 g/mol. The van der Waals surface area contributed by atoms with E-state index in [4.69, 9.17) is 14.2 Å². The maximum Gasteiger partial charge on any atom is 0.410 e. The number of hydrogen-bond acceptors (Lipinski definition) is 6. The molecule has 5 rings (SSSR count). The first-order chi connectivity index (χ1) is 18.3. The summed E-state index contributed by atoms with van der Waals surface area (Å²) < 4.78 is 28.2. The van der Waals surface area contributed by atoms with Crippen LogP contribution in [-0.4, -0.2) is 54.0 Å². The molecule has 3 aliphatic carbocycles. The van der Waals surface area contributed by atoms with Crippen LogP contribution in [0, 0.1) is 0 Å². The maximum atomic E-state index is 13.4. The Morgan fingerprint density at radius 3 is 2.38 bits per heavy atom. The van der Waals surface area contributed by atoms with Crippen molar-refractivity contribution in [1.82, 2.24) is 15.0 Å². The van der Waals surface area contributed by atoms with Crippen molar-refractivity contribution < 1.29 is 18.3 Å². The molecule has 9 heteroatoms. The lowest BCUT2D eigenvalue weighted by Crippen LogP contribution is -2.43. The molecule has 39 heavy (non-hydrogen) atoms. The van der Waals surface area contributed by atoms with Gasteiger partial charge in [0.05, 0.1) is 10.2 Å². The van der Waals surface area contributed by atoms with Crippen LogP contribution in [-0.2, 0) is 21.1 Å². The van der Waals surface area contributed by atoms with Crippen LogP contribution in [0.5, 0.6) is 0 Å². The third-order valence-corrected chi connectivity index (χ3v) is 9.38. The quantitative estimate of drug-likeness (QED) is 0.390. The molecule has 212 valence electrons. The molecule has 0 radical (unpaired) electrons. The summed E-state index contributed by atoms with van der Waals surface area (Å²) in [4.78, 5) is 20.2. The second-order valence-corrected chi connectivity index (χ2v) is 15.4. The van der Waals surface area contributed by atoms with Gasteiger partial charge in [-0.1, -0.05) is 35.5 Å². The molecule has 8 nitrogen and oxygen atoms in total. The summed E-state index contributed by atoms with van der Waals surface area (Å²) in [5, 5.41) is 4.43. The van der Waals surface area contributed by atoms with Gasteiger partial charge in [0, 0.05) is 30.1 Å². The van der Waals surface area contributed by atoms with Crippen molar-refractivity contribution in [3.05, 3.63) is 47.6 Å². The monoisotopic (exact) mass is 554 g/mol. The van der Waals surface area contributed by atoms with Gasteiger partial charge in [-0.05, 0) is 92.1 Å². The van der Waals surface area contributed by atoms with Crippen LogP contribution in [0.4, 0.5) is 4.79 Å². The molecule has 0 saturated heterocycles. The fourth-order valence-electron chi connectivity index (χ4n) is 5.31. The zero-order valence-electron chi connectivity index (χ0n) is 24.1. The van der Waals surface area contributed by atoms with Crippen molar-refractivity contribution in [2.75, 3.05) is 6.54 Å². The molecule has 0 aliphatic heterocycles. The molecular formula is C30H42N4O4S. The van der Waals surface area contributed by atoms with Gasteiger partial charge in [0.25, 0.3) is 0 Å². The Bertz CT molecular complexity index is 1230. The molecule has 1 heterocycles. The lowest BCUT2D eigenvalue weighted by molar-refractivity contribution is 0.0208. The van der Waals surface area contributed by atoms with Crippen LogP contribution in [0.15, 0.2) is 39.3 Å². The van der Waals surface area contributed by atoms with Crippen LogP contribution in [0.3, 0.4) is 0 Å². The lowest BCUT2D eigenvalue weighted by atomic mass is 9.88. The topological polar surface area (TPSA) is 97.9 Å². The van der Waals surface area contributed by atoms with E-state index >= 15 is 0 Å². The SMILES string of the molecule is CC(C)(C)OC(=O)N(CC1(c2noc(C3CCC(=N[S@](=O)C(C)(C)C)CC3)n2)CC1)[C@@H]1C[C@H]1c1ccccc1. The fourth-order valence-corrected chi connectivity index (χ4v) is 6.00. The standard InChI is InChI=1S/C30H42N4O4S/c1-28(2,3)37-27(35)34(24-18-23(24)20-10-8-7-9-11-20)19-30(16-17-30)26-31-25(38-32-26)21-12-14-22(15-13-21)33-39(36)29(4,5)6/h7-11,21,23-24H,12-19H2,1-6H3/t21?,23-,24+,39+/m0/s1. The minimum atomic E-state index is -1.23. The maximum absolute atomic E-state index is 13.4. The van der Waals surface area contributed by atoms with Crippen molar-refractivity contribution >= 4 is 22.8 Å². The summed E-state index contributed by atoms with van der Waals surface area (Å²) in [6.45, 7) is 12.1. The molecule has 1 aromatic heterocycles. The van der Waals surface area contributed by atoms with E-state index in [1.807, 2.05) is 52.5 Å². The molecule has 3 saturated carbocycles. The normalized spacial score (nSPS) is 25.1. The smallest absolute Gasteiger partial charge is 0.410 e. The lowest BCUT2D eigenvalue weighted by Gasteiger charge is -2.30. The minimum absolute atomic E-state index is 0.112. The molecule has 3 fully saturated rings. The molecular weight excluding hydrogens is 512 g/mol. The van der Waals surface area contributed by atoms with E-state index in [-0.39, 0.29) is 28.2 Å². The fraction of sp³-hybridized carbons (Fsp3) is 0.667. The Morgan fingerprint density at radius 2 is 1.79 bits per heavy atom. The number of nitrogens with zero attached hydrogens (tertiary/aromatic N) is 4. The van der Waals surface area contributed by atoms with Crippen molar-refractivity contribution in [3.8, 4) is 0 Å². The van der Waals surface area contributed by atoms with Crippen LogP contribution in [0.2, 0.25) is 0 Å². The highest BCUT2D eigenvalue weighted by Gasteiger charge is 2.55. The summed E-state index contributed by atoms with van der Waals surface area (Å²) in [5.74, 6) is 1.87. The van der Waals surface area contributed by atoms with E-state index in [0.717, 1.165) is 50.7 Å². The molecule has 2 aromatic rings. The largest absolute Gasteiger partial charge is 0.444 e. The highest BCUT2D eigenvalue weighted by Crippen LogP contribution is 2.52. The second kappa shape index (κ2) is 10.5. The van der Waals surface area contributed by atoms with Crippen molar-refractivity contribution in [2.45, 2.75) is 120 Å². The molecule has 0 spiro atoms. The van der Waals surface area contributed by atoms with Gasteiger partial charge in [0.15, 0.2) is 5.82 Å². The highest BCUT2D eigenvalue weighted by molar-refractivity contribution is 7.85. The molecule has 1 amide bonds. The van der Waals surface area contributed by atoms with Gasteiger partial charge in [-0.25, -0.2) is 9.00 Å². The zero-order chi connectivity index (χ0) is 28.0. The van der Waals surface area contributed by atoms with Gasteiger partial charge in [0.2, 0.25) is 5.89 Å². The third-order valence-electron chi connectivity index (χ3n) is 7.90. The molecule has 0 bridgehead atoms. The molecule has 0 N–H and O–H groups in total. The number of carbonyl (C=O) groups is 1. The van der Waals surface area contributed by atoms with Gasteiger partial charge < -0.3 is 14.2 Å². The number of benzene rings is 1. The van der Waals surface area contributed by atoms with E-state index in [0.29, 0.717) is 24.2 Å². The number of aromatic nitrogens is 2. The van der Waals surface area contributed by atoms with Crippen molar-refractivity contribution in [2.24, 2.45) is 4.40 Å². The van der Waals surface area contributed by atoms with Crippen LogP contribution in [0.25, 0.3) is 0 Å². The second-order valence-electron chi connectivity index (χ2n) is 13.5. The Morgan fingerprint density at radius 1 is 1.13 bits per heavy atom. The summed E-state index contributed by atoms with van der Waals surface area (Å²) in [6, 6.07) is 10.5. The predicted molar refractivity (Wildman–Crippen MR) is 152 cm³/mol. The van der Waals surface area contributed by atoms with Gasteiger partial charge in [0.1, 0.15) is 16.6 Å². The molecule has 1 aromatic carbocycles. The summed E-state index contributed by atoms with van der Waals surface area (Å²) >= 11 is 0. The number of hydrogen-bond donors (Lipinski definition) is 0. The Hall–Kier alpha value is -2.55. The highest BCUT2D eigenvalue weighted by atomic mass is 32.2. The number of ether oxygens (including phenoxy) is 1. The predicted octanol–water partition coefficient (Wildman–Crippen LogP) is 6.46. The van der Waals surface area contributed by atoms with E-state index in [1.54, 1.807) is 0 Å². The first-order valence-corrected chi connectivity index (χ1v) is 15.3. The van der Waals surface area contributed by atoms with Crippen LogP contribution >= 0.6 is 0 Å². The van der Waals surface area contributed by atoms with E-state index in [2.05, 4.69) is 33.8 Å². The minimum Gasteiger partial charge on any atom is -0.444 e. The number of amides is 1. The summed E-state index contributed by atoms with van der Waals surface area (Å²) in [7, 11) is -1.23. The number of rotatable bonds is 7. The summed E-state index contributed by atoms with van der Waals surface area (Å²) in [5.41, 5.74) is 1.43. The van der Waals surface area contributed by atoms with Gasteiger partial charge in [-0.15, -0.1) is 0 Å². The van der Waals surface area contributed by atoms with Gasteiger partial charge >= 0.3 is 6.09 Å². The summed E-state index contributed by atoms with van der Waals surface area (Å²) in [6.07, 6.45) is 5.83. The molecule has 3 aliphatic rings. The molecule has 3 atom stereocenters. The van der Waals surface area contributed by atoms with Crippen LogP contribution in [0.1, 0.15) is 116 Å². The Kier molecular flexibility index (Phi) is 7.50. The van der Waals surface area contributed by atoms with Crippen molar-refractivity contribution in [1.29, 1.82) is 0 Å².